The van der Waals surface area contributed by atoms with Gasteiger partial charge in [0.15, 0.2) is 0 Å². The number of hydrogen-bond acceptors (Lipinski definition) is 7. The lowest BCUT2D eigenvalue weighted by Crippen LogP contribution is -2.56. The van der Waals surface area contributed by atoms with Gasteiger partial charge in [0.2, 0.25) is 17.6 Å². The molecule has 134 valence electrons. The average molecular weight is 361 g/mol. The molecule has 2 aromatic heterocycles. The highest BCUT2D eigenvalue weighted by Crippen LogP contribution is 2.21. The molecule has 0 radical (unpaired) electrons. The minimum Gasteiger partial charge on any atom is -0.340 e. The van der Waals surface area contributed by atoms with Crippen molar-refractivity contribution in [2.45, 2.75) is 12.8 Å². The van der Waals surface area contributed by atoms with E-state index in [0.717, 1.165) is 63.5 Å². The van der Waals surface area contributed by atoms with Crippen LogP contribution in [-0.4, -0.2) is 71.7 Å². The van der Waals surface area contributed by atoms with Crippen LogP contribution in [0, 0.1) is 5.92 Å². The number of nitrogens with one attached hydrogen (secondary N) is 1. The molecule has 2 saturated heterocycles. The van der Waals surface area contributed by atoms with E-state index in [-0.39, 0.29) is 5.92 Å². The monoisotopic (exact) mass is 361 g/mol. The first kappa shape index (κ1) is 16.7. The van der Waals surface area contributed by atoms with Crippen molar-refractivity contribution in [2.24, 2.45) is 5.92 Å². The fourth-order valence-electron chi connectivity index (χ4n) is 3.23. The van der Waals surface area contributed by atoms with E-state index in [1.165, 1.54) is 0 Å². The normalized spacial score (nSPS) is 19.1. The molecule has 2 aliphatic rings. The number of aryl methyl sites for hydroxylation is 1. The Morgan fingerprint density at radius 2 is 2.16 bits per heavy atom. The minimum absolute atomic E-state index is 0.210. The van der Waals surface area contributed by atoms with Gasteiger partial charge in [-0.05, 0) is 24.4 Å². The molecule has 1 N–H and O–H groups in total. The molecule has 2 aliphatic heterocycles. The van der Waals surface area contributed by atoms with Crippen LogP contribution in [0.15, 0.2) is 22.0 Å². The van der Waals surface area contributed by atoms with Crippen LogP contribution < -0.4 is 5.32 Å². The molecule has 7 nitrogen and oxygen atoms in total. The van der Waals surface area contributed by atoms with Gasteiger partial charge in [-0.3, -0.25) is 9.69 Å². The number of rotatable bonds is 6. The molecule has 0 unspecified atom stereocenters. The van der Waals surface area contributed by atoms with Crippen molar-refractivity contribution in [3.63, 3.8) is 0 Å². The van der Waals surface area contributed by atoms with Crippen LogP contribution in [0.1, 0.15) is 12.3 Å². The average Bonchev–Trinajstić information content (AvgIpc) is 3.25. The lowest BCUT2D eigenvalue weighted by atomic mass is 10.0. The smallest absolute Gasteiger partial charge is 0.228 e. The number of thiophene rings is 1. The zero-order valence-electron chi connectivity index (χ0n) is 14.2. The van der Waals surface area contributed by atoms with Crippen LogP contribution >= 0.6 is 11.3 Å². The first-order valence-electron chi connectivity index (χ1n) is 8.88. The van der Waals surface area contributed by atoms with Crippen molar-refractivity contribution in [2.75, 3.05) is 45.8 Å². The van der Waals surface area contributed by atoms with E-state index < -0.39 is 0 Å². The summed E-state index contributed by atoms with van der Waals surface area (Å²) < 4.78 is 5.34. The molecule has 0 aliphatic carbocycles. The summed E-state index contributed by atoms with van der Waals surface area (Å²) in [7, 11) is 0. The second-order valence-electron chi connectivity index (χ2n) is 6.61. The number of carbonyl (C=O) groups excluding carboxylic acids is 1. The van der Waals surface area contributed by atoms with Crippen molar-refractivity contribution in [1.82, 2.24) is 25.3 Å². The van der Waals surface area contributed by atoms with E-state index in [2.05, 4.69) is 20.4 Å². The van der Waals surface area contributed by atoms with Gasteiger partial charge >= 0.3 is 0 Å². The summed E-state index contributed by atoms with van der Waals surface area (Å²) in [5.74, 6) is 1.92. The van der Waals surface area contributed by atoms with E-state index in [4.69, 9.17) is 4.52 Å². The predicted molar refractivity (Wildman–Crippen MR) is 95.3 cm³/mol. The third-order valence-corrected chi connectivity index (χ3v) is 5.76. The number of amides is 1. The molecule has 2 fully saturated rings. The maximum atomic E-state index is 12.2. The van der Waals surface area contributed by atoms with Crippen molar-refractivity contribution in [1.29, 1.82) is 0 Å². The number of piperazine rings is 1. The highest BCUT2D eigenvalue weighted by atomic mass is 32.1. The third kappa shape index (κ3) is 3.91. The van der Waals surface area contributed by atoms with Crippen LogP contribution in [-0.2, 0) is 11.2 Å². The topological polar surface area (TPSA) is 74.5 Å². The molecule has 0 saturated carbocycles. The highest BCUT2D eigenvalue weighted by molar-refractivity contribution is 7.13. The molecule has 2 aromatic rings. The Morgan fingerprint density at radius 1 is 1.32 bits per heavy atom. The van der Waals surface area contributed by atoms with Gasteiger partial charge in [-0.2, -0.15) is 4.98 Å². The molecule has 4 heterocycles. The molecular formula is C17H23N5O2S. The van der Waals surface area contributed by atoms with Gasteiger partial charge in [0.1, 0.15) is 0 Å². The van der Waals surface area contributed by atoms with Gasteiger partial charge in [0, 0.05) is 45.7 Å². The number of nitrogens with zero attached hydrogens (tertiary/aromatic N) is 4. The standard InChI is InChI=1S/C17H23N5O2S/c23-17(13-11-18-12-13)22-8-6-21(7-9-22)5-1-4-15-19-16(20-24-15)14-3-2-10-25-14/h2-3,10,13,18H,1,4-9,11-12H2. The Morgan fingerprint density at radius 3 is 2.84 bits per heavy atom. The second kappa shape index (κ2) is 7.63. The number of carbonyl (C=O) groups is 1. The van der Waals surface area contributed by atoms with Crippen LogP contribution in [0.5, 0.6) is 0 Å². The van der Waals surface area contributed by atoms with Gasteiger partial charge in [-0.1, -0.05) is 11.2 Å². The zero-order valence-corrected chi connectivity index (χ0v) is 15.0. The van der Waals surface area contributed by atoms with Crippen LogP contribution in [0.4, 0.5) is 0 Å². The quantitative estimate of drug-likeness (QED) is 0.830. The Kier molecular flexibility index (Phi) is 5.09. The lowest BCUT2D eigenvalue weighted by molar-refractivity contribution is -0.138. The maximum absolute atomic E-state index is 12.2. The zero-order chi connectivity index (χ0) is 17.1. The van der Waals surface area contributed by atoms with Crippen LogP contribution in [0.3, 0.4) is 0 Å². The fraction of sp³-hybridized carbons (Fsp3) is 0.588. The summed E-state index contributed by atoms with van der Waals surface area (Å²) in [6.45, 7) is 6.29. The van der Waals surface area contributed by atoms with Crippen LogP contribution in [0.2, 0.25) is 0 Å². The Bertz CT molecular complexity index is 690. The largest absolute Gasteiger partial charge is 0.340 e. The van der Waals surface area contributed by atoms with E-state index in [9.17, 15) is 4.79 Å². The summed E-state index contributed by atoms with van der Waals surface area (Å²) in [5.41, 5.74) is 0. The molecule has 0 aromatic carbocycles. The maximum Gasteiger partial charge on any atom is 0.228 e. The van der Waals surface area contributed by atoms with E-state index in [0.29, 0.717) is 17.6 Å². The second-order valence-corrected chi connectivity index (χ2v) is 7.56. The first-order valence-corrected chi connectivity index (χ1v) is 9.76. The summed E-state index contributed by atoms with van der Waals surface area (Å²) in [6.07, 6.45) is 1.79. The molecule has 25 heavy (non-hydrogen) atoms. The van der Waals surface area contributed by atoms with E-state index in [1.54, 1.807) is 11.3 Å². The summed E-state index contributed by atoms with van der Waals surface area (Å²) >= 11 is 1.62. The van der Waals surface area contributed by atoms with Crippen molar-refractivity contribution < 1.29 is 9.32 Å². The summed E-state index contributed by atoms with van der Waals surface area (Å²) in [4.78, 5) is 22.2. The molecule has 0 atom stereocenters. The van der Waals surface area contributed by atoms with Gasteiger partial charge in [0.05, 0.1) is 10.8 Å². The van der Waals surface area contributed by atoms with Crippen molar-refractivity contribution in [3.05, 3.63) is 23.4 Å². The molecular weight excluding hydrogens is 338 g/mol. The number of aromatic nitrogens is 2. The molecule has 0 spiro atoms. The van der Waals surface area contributed by atoms with Gasteiger partial charge in [-0.25, -0.2) is 0 Å². The Labute approximate surface area is 151 Å². The Hall–Kier alpha value is -1.77. The van der Waals surface area contributed by atoms with Gasteiger partial charge < -0.3 is 14.7 Å². The molecule has 0 bridgehead atoms. The minimum atomic E-state index is 0.210. The lowest BCUT2D eigenvalue weighted by Gasteiger charge is -2.38. The van der Waals surface area contributed by atoms with E-state index in [1.807, 2.05) is 22.4 Å². The molecule has 4 rings (SSSR count). The van der Waals surface area contributed by atoms with Crippen molar-refractivity contribution >= 4 is 17.2 Å². The van der Waals surface area contributed by atoms with Gasteiger partial charge in [-0.15, -0.1) is 11.3 Å². The summed E-state index contributed by atoms with van der Waals surface area (Å²) in [6, 6.07) is 3.99. The predicted octanol–water partition coefficient (Wildman–Crippen LogP) is 1.09. The summed E-state index contributed by atoms with van der Waals surface area (Å²) in [5, 5.41) is 9.22. The van der Waals surface area contributed by atoms with Crippen molar-refractivity contribution in [3.8, 4) is 10.7 Å². The molecule has 8 heteroatoms. The molecule has 1 amide bonds. The fourth-order valence-corrected chi connectivity index (χ4v) is 3.88. The van der Waals surface area contributed by atoms with Gasteiger partial charge in [0.25, 0.3) is 0 Å². The number of hydrogen-bond donors (Lipinski definition) is 1. The first-order chi connectivity index (χ1) is 12.3. The van der Waals surface area contributed by atoms with E-state index >= 15 is 0 Å². The Balaban J connectivity index is 1.18. The third-order valence-electron chi connectivity index (χ3n) is 4.89. The highest BCUT2D eigenvalue weighted by Gasteiger charge is 2.30. The SMILES string of the molecule is O=C(C1CNC1)N1CCN(CCCc2nc(-c3cccs3)no2)CC1. The van der Waals surface area contributed by atoms with Crippen LogP contribution in [0.25, 0.3) is 10.7 Å².